The molecule has 1 heterocycles. The summed E-state index contributed by atoms with van der Waals surface area (Å²) in [5, 5.41) is 0. The molecule has 0 unspecified atom stereocenters. The van der Waals surface area contributed by atoms with E-state index in [2.05, 4.69) is 55.0 Å². The number of aromatic nitrogens is 2. The monoisotopic (exact) mass is 272 g/mol. The highest BCUT2D eigenvalue weighted by Gasteiger charge is 2.04. The fourth-order valence-corrected chi connectivity index (χ4v) is 2.44. The molecule has 0 aliphatic rings. The Hall–Kier alpha value is -1.48. The topological polar surface area (TPSA) is 28.7 Å². The van der Waals surface area contributed by atoms with Crippen molar-refractivity contribution in [3.8, 4) is 0 Å². The Morgan fingerprint density at radius 1 is 1.26 bits per heavy atom. The van der Waals surface area contributed by atoms with E-state index in [4.69, 9.17) is 12.2 Å². The fourth-order valence-electron chi connectivity index (χ4n) is 2.19. The van der Waals surface area contributed by atoms with E-state index in [1.165, 1.54) is 16.8 Å². The molecular formula is C16H20N2S. The highest BCUT2D eigenvalue weighted by molar-refractivity contribution is 7.71. The number of hydrogen-bond acceptors (Lipinski definition) is 2. The molecule has 2 rings (SSSR count). The van der Waals surface area contributed by atoms with Crippen LogP contribution in [-0.4, -0.2) is 9.97 Å². The second-order valence-electron chi connectivity index (χ2n) is 5.39. The van der Waals surface area contributed by atoms with E-state index in [1.54, 1.807) is 0 Å². The number of aryl methyl sites for hydroxylation is 1. The normalized spacial score (nSPS) is 10.9. The zero-order valence-electron chi connectivity index (χ0n) is 11.7. The number of aromatic amines is 1. The van der Waals surface area contributed by atoms with Crippen molar-refractivity contribution < 1.29 is 0 Å². The number of nitrogens with one attached hydrogen (secondary N) is 1. The van der Waals surface area contributed by atoms with Crippen molar-refractivity contribution in [3.05, 3.63) is 57.6 Å². The van der Waals surface area contributed by atoms with Gasteiger partial charge in [0.15, 0.2) is 0 Å². The maximum atomic E-state index is 5.26. The highest BCUT2D eigenvalue weighted by atomic mass is 32.1. The Morgan fingerprint density at radius 2 is 2.00 bits per heavy atom. The first kappa shape index (κ1) is 13.9. The maximum absolute atomic E-state index is 5.26. The second-order valence-corrected chi connectivity index (χ2v) is 5.81. The molecule has 1 N–H and O–H groups in total. The molecule has 0 saturated carbocycles. The Labute approximate surface area is 119 Å². The van der Waals surface area contributed by atoms with Gasteiger partial charge in [0.1, 0.15) is 10.5 Å². The minimum atomic E-state index is 0.611. The molecule has 1 aromatic carbocycles. The third-order valence-corrected chi connectivity index (χ3v) is 3.30. The second kappa shape index (κ2) is 6.11. The SMILES string of the molecule is Cc1ccccc1Cc1nc(=S)cc(CC(C)C)[nH]1. The zero-order valence-corrected chi connectivity index (χ0v) is 12.6. The average Bonchev–Trinajstić information content (AvgIpc) is 2.30. The summed E-state index contributed by atoms with van der Waals surface area (Å²) in [6, 6.07) is 10.4. The Kier molecular flexibility index (Phi) is 4.48. The van der Waals surface area contributed by atoms with Gasteiger partial charge in [-0.25, -0.2) is 4.98 Å². The molecule has 100 valence electrons. The summed E-state index contributed by atoms with van der Waals surface area (Å²) < 4.78 is 0.679. The Bertz CT molecular complexity index is 614. The van der Waals surface area contributed by atoms with E-state index >= 15 is 0 Å². The molecular weight excluding hydrogens is 252 g/mol. The third-order valence-electron chi connectivity index (χ3n) is 3.10. The van der Waals surface area contributed by atoms with Gasteiger partial charge in [-0.2, -0.15) is 0 Å². The largest absolute Gasteiger partial charge is 0.347 e. The van der Waals surface area contributed by atoms with Crippen LogP contribution in [0, 0.1) is 17.5 Å². The lowest BCUT2D eigenvalue weighted by molar-refractivity contribution is 0.630. The highest BCUT2D eigenvalue weighted by Crippen LogP contribution is 2.12. The van der Waals surface area contributed by atoms with Gasteiger partial charge >= 0.3 is 0 Å². The standard InChI is InChI=1S/C16H20N2S/c1-11(2)8-14-10-16(19)18-15(17-14)9-13-7-5-4-6-12(13)3/h4-7,10-11H,8-9H2,1-3H3,(H,17,18,19). The molecule has 1 aromatic heterocycles. The molecule has 0 saturated heterocycles. The zero-order chi connectivity index (χ0) is 13.8. The summed E-state index contributed by atoms with van der Waals surface area (Å²) in [6.07, 6.45) is 1.81. The van der Waals surface area contributed by atoms with Gasteiger partial charge in [0, 0.05) is 12.1 Å². The van der Waals surface area contributed by atoms with E-state index in [9.17, 15) is 0 Å². The summed E-state index contributed by atoms with van der Waals surface area (Å²) in [5.41, 5.74) is 3.76. The van der Waals surface area contributed by atoms with Crippen molar-refractivity contribution in [2.45, 2.75) is 33.6 Å². The molecule has 0 aliphatic carbocycles. The van der Waals surface area contributed by atoms with Crippen LogP contribution in [0.3, 0.4) is 0 Å². The summed E-state index contributed by atoms with van der Waals surface area (Å²) in [4.78, 5) is 7.85. The van der Waals surface area contributed by atoms with Crippen LogP contribution in [0.5, 0.6) is 0 Å². The molecule has 2 aromatic rings. The van der Waals surface area contributed by atoms with Crippen molar-refractivity contribution in [3.63, 3.8) is 0 Å². The number of H-pyrrole nitrogens is 1. The molecule has 0 fully saturated rings. The third kappa shape index (κ3) is 4.00. The predicted molar refractivity (Wildman–Crippen MR) is 81.9 cm³/mol. The van der Waals surface area contributed by atoms with Crippen LogP contribution in [0.1, 0.15) is 36.5 Å². The van der Waals surface area contributed by atoms with Crippen LogP contribution in [0.4, 0.5) is 0 Å². The lowest BCUT2D eigenvalue weighted by atomic mass is 10.1. The summed E-state index contributed by atoms with van der Waals surface area (Å²) >= 11 is 5.26. The first-order valence-electron chi connectivity index (χ1n) is 6.68. The molecule has 0 bridgehead atoms. The summed E-state index contributed by atoms with van der Waals surface area (Å²) in [7, 11) is 0. The van der Waals surface area contributed by atoms with Crippen molar-refractivity contribution >= 4 is 12.2 Å². The molecule has 0 amide bonds. The van der Waals surface area contributed by atoms with Crippen LogP contribution in [0.25, 0.3) is 0 Å². The molecule has 0 atom stereocenters. The van der Waals surface area contributed by atoms with E-state index in [-0.39, 0.29) is 0 Å². The Balaban J connectivity index is 2.28. The number of hydrogen-bond donors (Lipinski definition) is 1. The van der Waals surface area contributed by atoms with Gasteiger partial charge in [-0.05, 0) is 36.5 Å². The first-order valence-corrected chi connectivity index (χ1v) is 7.09. The van der Waals surface area contributed by atoms with Gasteiger partial charge in [-0.3, -0.25) is 0 Å². The summed E-state index contributed by atoms with van der Waals surface area (Å²) in [5.74, 6) is 1.57. The Morgan fingerprint density at radius 3 is 2.68 bits per heavy atom. The van der Waals surface area contributed by atoms with Crippen molar-refractivity contribution in [2.75, 3.05) is 0 Å². The molecule has 0 spiro atoms. The quantitative estimate of drug-likeness (QED) is 0.843. The van der Waals surface area contributed by atoms with Gasteiger partial charge in [-0.15, -0.1) is 0 Å². The molecule has 19 heavy (non-hydrogen) atoms. The van der Waals surface area contributed by atoms with Crippen molar-refractivity contribution in [2.24, 2.45) is 5.92 Å². The van der Waals surface area contributed by atoms with Crippen LogP contribution in [-0.2, 0) is 12.8 Å². The summed E-state index contributed by atoms with van der Waals surface area (Å²) in [6.45, 7) is 6.54. The van der Waals surface area contributed by atoms with Gasteiger partial charge in [0.25, 0.3) is 0 Å². The minimum absolute atomic E-state index is 0.611. The molecule has 3 heteroatoms. The van der Waals surface area contributed by atoms with Crippen LogP contribution in [0.15, 0.2) is 30.3 Å². The van der Waals surface area contributed by atoms with Gasteiger partial charge < -0.3 is 4.98 Å². The van der Waals surface area contributed by atoms with Gasteiger partial charge in [0.05, 0.1) is 0 Å². The van der Waals surface area contributed by atoms with E-state index in [0.29, 0.717) is 10.6 Å². The fraction of sp³-hybridized carbons (Fsp3) is 0.375. The lowest BCUT2D eigenvalue weighted by Gasteiger charge is -2.09. The smallest absolute Gasteiger partial charge is 0.130 e. The molecule has 2 nitrogen and oxygen atoms in total. The maximum Gasteiger partial charge on any atom is 0.130 e. The van der Waals surface area contributed by atoms with Gasteiger partial charge in [-0.1, -0.05) is 50.3 Å². The van der Waals surface area contributed by atoms with E-state index in [0.717, 1.165) is 18.7 Å². The molecule has 0 radical (unpaired) electrons. The van der Waals surface area contributed by atoms with E-state index < -0.39 is 0 Å². The predicted octanol–water partition coefficient (Wildman–Crippen LogP) is 4.24. The van der Waals surface area contributed by atoms with Crippen LogP contribution in [0.2, 0.25) is 0 Å². The van der Waals surface area contributed by atoms with Crippen LogP contribution < -0.4 is 0 Å². The number of nitrogens with zero attached hydrogens (tertiary/aromatic N) is 1. The first-order chi connectivity index (χ1) is 9.04. The average molecular weight is 272 g/mol. The van der Waals surface area contributed by atoms with Gasteiger partial charge in [0.2, 0.25) is 0 Å². The van der Waals surface area contributed by atoms with Crippen molar-refractivity contribution in [1.82, 2.24) is 9.97 Å². The number of rotatable bonds is 4. The lowest BCUT2D eigenvalue weighted by Crippen LogP contribution is -2.04. The minimum Gasteiger partial charge on any atom is -0.347 e. The van der Waals surface area contributed by atoms with E-state index in [1.807, 2.05) is 6.07 Å². The molecule has 0 aliphatic heterocycles. The van der Waals surface area contributed by atoms with Crippen LogP contribution >= 0.6 is 12.2 Å². The number of benzene rings is 1. The van der Waals surface area contributed by atoms with Crippen molar-refractivity contribution in [1.29, 1.82) is 0 Å².